The van der Waals surface area contributed by atoms with Crippen LogP contribution in [0.5, 0.6) is 0 Å². The number of rotatable bonds is 3. The number of sulfonamides is 1. The van der Waals surface area contributed by atoms with E-state index >= 15 is 0 Å². The standard InChI is InChI=1S/C12H16N4O2S/c13-7-10-3-4-15-12(6-10)19(17,18)16-5-1-2-11(8-14)9-16/h3-4,6,11H,1-2,5,8-9,14H2. The highest BCUT2D eigenvalue weighted by Gasteiger charge is 2.30. The smallest absolute Gasteiger partial charge is 0.260 e. The number of nitriles is 1. The predicted octanol–water partition coefficient (Wildman–Crippen LogP) is 0.313. The van der Waals surface area contributed by atoms with Crippen LogP contribution in [0.25, 0.3) is 0 Å². The lowest BCUT2D eigenvalue weighted by atomic mass is 10.0. The Bertz CT molecular complexity index is 594. The van der Waals surface area contributed by atoms with E-state index in [4.69, 9.17) is 11.0 Å². The van der Waals surface area contributed by atoms with Gasteiger partial charge in [0.1, 0.15) is 0 Å². The quantitative estimate of drug-likeness (QED) is 0.859. The molecule has 1 fully saturated rings. The van der Waals surface area contributed by atoms with Crippen molar-refractivity contribution < 1.29 is 8.42 Å². The topological polar surface area (TPSA) is 100 Å². The van der Waals surface area contributed by atoms with Gasteiger partial charge in [-0.2, -0.15) is 9.57 Å². The lowest BCUT2D eigenvalue weighted by Gasteiger charge is -2.30. The van der Waals surface area contributed by atoms with Crippen LogP contribution in [0.3, 0.4) is 0 Å². The minimum Gasteiger partial charge on any atom is -0.330 e. The Labute approximate surface area is 112 Å². The zero-order valence-electron chi connectivity index (χ0n) is 10.5. The Morgan fingerprint density at radius 2 is 2.37 bits per heavy atom. The Kier molecular flexibility index (Phi) is 4.14. The van der Waals surface area contributed by atoms with Gasteiger partial charge in [-0.3, -0.25) is 0 Å². The van der Waals surface area contributed by atoms with Crippen LogP contribution in [0.2, 0.25) is 0 Å². The fraction of sp³-hybridized carbons (Fsp3) is 0.500. The number of aromatic nitrogens is 1. The zero-order valence-corrected chi connectivity index (χ0v) is 11.3. The van der Waals surface area contributed by atoms with Crippen molar-refractivity contribution in [3.8, 4) is 6.07 Å². The molecule has 2 heterocycles. The molecule has 1 saturated heterocycles. The molecule has 0 saturated carbocycles. The molecule has 0 bridgehead atoms. The van der Waals surface area contributed by atoms with E-state index in [1.807, 2.05) is 6.07 Å². The molecule has 2 rings (SSSR count). The van der Waals surface area contributed by atoms with Crippen molar-refractivity contribution in [1.29, 1.82) is 5.26 Å². The van der Waals surface area contributed by atoms with E-state index in [2.05, 4.69) is 4.98 Å². The Balaban J connectivity index is 2.29. The van der Waals surface area contributed by atoms with Gasteiger partial charge in [-0.25, -0.2) is 13.4 Å². The molecular weight excluding hydrogens is 264 g/mol. The summed E-state index contributed by atoms with van der Waals surface area (Å²) >= 11 is 0. The monoisotopic (exact) mass is 280 g/mol. The Hall–Kier alpha value is -1.49. The Morgan fingerprint density at radius 1 is 1.58 bits per heavy atom. The van der Waals surface area contributed by atoms with Gasteiger partial charge in [-0.05, 0) is 37.4 Å². The number of piperidine rings is 1. The highest BCUT2D eigenvalue weighted by atomic mass is 32.2. The van der Waals surface area contributed by atoms with Crippen LogP contribution >= 0.6 is 0 Å². The average Bonchev–Trinajstić information content (AvgIpc) is 2.47. The average molecular weight is 280 g/mol. The number of nitrogens with zero attached hydrogens (tertiary/aromatic N) is 3. The second-order valence-corrected chi connectivity index (χ2v) is 6.49. The number of hydrogen-bond acceptors (Lipinski definition) is 5. The molecule has 6 nitrogen and oxygen atoms in total. The second-order valence-electron chi connectivity index (χ2n) is 4.60. The minimum atomic E-state index is -3.62. The van der Waals surface area contributed by atoms with Gasteiger partial charge in [0.25, 0.3) is 10.0 Å². The second kappa shape index (κ2) is 5.65. The van der Waals surface area contributed by atoms with E-state index in [0.717, 1.165) is 12.8 Å². The molecule has 7 heteroatoms. The summed E-state index contributed by atoms with van der Waals surface area (Å²) in [4.78, 5) is 3.87. The van der Waals surface area contributed by atoms with Gasteiger partial charge in [0.05, 0.1) is 11.6 Å². The summed E-state index contributed by atoms with van der Waals surface area (Å²) in [6, 6.07) is 4.71. The lowest BCUT2D eigenvalue weighted by molar-refractivity contribution is 0.271. The summed E-state index contributed by atoms with van der Waals surface area (Å²) < 4.78 is 26.3. The van der Waals surface area contributed by atoms with Crippen LogP contribution in [0.1, 0.15) is 18.4 Å². The summed E-state index contributed by atoms with van der Waals surface area (Å²) in [5.74, 6) is 0.197. The van der Waals surface area contributed by atoms with Gasteiger partial charge >= 0.3 is 0 Å². The van der Waals surface area contributed by atoms with E-state index in [-0.39, 0.29) is 10.9 Å². The Morgan fingerprint density at radius 3 is 3.05 bits per heavy atom. The lowest BCUT2D eigenvalue weighted by Crippen LogP contribution is -2.42. The molecule has 19 heavy (non-hydrogen) atoms. The first kappa shape index (κ1) is 13.9. The van der Waals surface area contributed by atoms with Gasteiger partial charge in [0, 0.05) is 19.3 Å². The van der Waals surface area contributed by atoms with Crippen LogP contribution < -0.4 is 5.73 Å². The van der Waals surface area contributed by atoms with Gasteiger partial charge in [-0.1, -0.05) is 0 Å². The molecule has 0 spiro atoms. The molecule has 1 aromatic rings. The van der Waals surface area contributed by atoms with Crippen LogP contribution in [0.15, 0.2) is 23.4 Å². The summed E-state index contributed by atoms with van der Waals surface area (Å²) in [7, 11) is -3.62. The van der Waals surface area contributed by atoms with Crippen molar-refractivity contribution in [2.24, 2.45) is 11.7 Å². The maximum atomic E-state index is 12.4. The predicted molar refractivity (Wildman–Crippen MR) is 69.5 cm³/mol. The maximum Gasteiger partial charge on any atom is 0.260 e. The summed E-state index contributed by atoms with van der Waals surface area (Å²) in [6.07, 6.45) is 3.10. The minimum absolute atomic E-state index is 0.0655. The third kappa shape index (κ3) is 2.92. The molecule has 2 N–H and O–H groups in total. The zero-order chi connectivity index (χ0) is 13.9. The number of hydrogen-bond donors (Lipinski definition) is 1. The van der Waals surface area contributed by atoms with Crippen LogP contribution in [0, 0.1) is 17.2 Å². The van der Waals surface area contributed by atoms with Crippen molar-refractivity contribution in [3.05, 3.63) is 23.9 Å². The van der Waals surface area contributed by atoms with Crippen LogP contribution in [-0.2, 0) is 10.0 Å². The van der Waals surface area contributed by atoms with Gasteiger partial charge in [0.15, 0.2) is 5.03 Å². The summed E-state index contributed by atoms with van der Waals surface area (Å²) in [6.45, 7) is 1.40. The molecule has 0 aliphatic carbocycles. The van der Waals surface area contributed by atoms with Crippen molar-refractivity contribution in [2.75, 3.05) is 19.6 Å². The summed E-state index contributed by atoms with van der Waals surface area (Å²) in [5, 5.41) is 8.75. The van der Waals surface area contributed by atoms with E-state index < -0.39 is 10.0 Å². The normalized spacial score (nSPS) is 20.9. The van der Waals surface area contributed by atoms with Crippen molar-refractivity contribution >= 4 is 10.0 Å². The first-order valence-corrected chi connectivity index (χ1v) is 7.58. The molecule has 1 aliphatic rings. The van der Waals surface area contributed by atoms with E-state index in [1.165, 1.54) is 22.6 Å². The van der Waals surface area contributed by atoms with Gasteiger partial charge in [-0.15, -0.1) is 0 Å². The van der Waals surface area contributed by atoms with Gasteiger partial charge < -0.3 is 5.73 Å². The summed E-state index contributed by atoms with van der Waals surface area (Å²) in [5.41, 5.74) is 5.91. The molecule has 0 amide bonds. The highest BCUT2D eigenvalue weighted by Crippen LogP contribution is 2.22. The molecule has 1 aromatic heterocycles. The maximum absolute atomic E-state index is 12.4. The van der Waals surface area contributed by atoms with Gasteiger partial charge in [0.2, 0.25) is 0 Å². The third-order valence-electron chi connectivity index (χ3n) is 3.28. The number of nitrogens with two attached hydrogens (primary N) is 1. The molecule has 102 valence electrons. The fourth-order valence-electron chi connectivity index (χ4n) is 2.19. The largest absolute Gasteiger partial charge is 0.330 e. The van der Waals surface area contributed by atoms with E-state index in [9.17, 15) is 8.42 Å². The fourth-order valence-corrected chi connectivity index (χ4v) is 3.70. The third-order valence-corrected chi connectivity index (χ3v) is 5.05. The van der Waals surface area contributed by atoms with Crippen molar-refractivity contribution in [1.82, 2.24) is 9.29 Å². The van der Waals surface area contributed by atoms with E-state index in [1.54, 1.807) is 0 Å². The van der Waals surface area contributed by atoms with Crippen LogP contribution in [-0.4, -0.2) is 37.3 Å². The molecule has 1 aliphatic heterocycles. The van der Waals surface area contributed by atoms with Crippen molar-refractivity contribution in [2.45, 2.75) is 17.9 Å². The highest BCUT2D eigenvalue weighted by molar-refractivity contribution is 7.89. The van der Waals surface area contributed by atoms with Crippen molar-refractivity contribution in [3.63, 3.8) is 0 Å². The first-order valence-electron chi connectivity index (χ1n) is 6.14. The molecule has 1 unspecified atom stereocenters. The molecule has 0 aromatic carbocycles. The van der Waals surface area contributed by atoms with E-state index in [0.29, 0.717) is 25.2 Å². The SMILES string of the molecule is N#Cc1ccnc(S(=O)(=O)N2CCCC(CN)C2)c1. The molecule has 1 atom stereocenters. The molecular formula is C12H16N4O2S. The first-order chi connectivity index (χ1) is 9.07. The van der Waals surface area contributed by atoms with Crippen LogP contribution in [0.4, 0.5) is 0 Å². The molecule has 0 radical (unpaired) electrons. The number of pyridine rings is 1.